The molecule has 0 heterocycles. The molecule has 4 N–H and O–H groups in total. The van der Waals surface area contributed by atoms with E-state index < -0.39 is 16.5 Å². The highest BCUT2D eigenvalue weighted by atomic mass is 35.5. The summed E-state index contributed by atoms with van der Waals surface area (Å²) in [5.41, 5.74) is 8.17. The average Bonchev–Trinajstić information content (AvgIpc) is 2.91. The van der Waals surface area contributed by atoms with Gasteiger partial charge in [-0.15, -0.1) is 11.6 Å². The van der Waals surface area contributed by atoms with E-state index in [2.05, 4.69) is 12.2 Å². The summed E-state index contributed by atoms with van der Waals surface area (Å²) in [5.74, 6) is -0.979. The fourth-order valence-electron chi connectivity index (χ4n) is 5.76. The van der Waals surface area contributed by atoms with E-state index in [0.717, 1.165) is 24.0 Å². The molecule has 1 aliphatic carbocycles. The molecule has 0 bridgehead atoms. The molecule has 0 aliphatic heterocycles. The van der Waals surface area contributed by atoms with Crippen LogP contribution in [0.15, 0.2) is 53.1 Å². The van der Waals surface area contributed by atoms with Crippen LogP contribution in [0.5, 0.6) is 0 Å². The van der Waals surface area contributed by atoms with Gasteiger partial charge >= 0.3 is 5.97 Å². The molecular formula is C33H53ClN2O2. The van der Waals surface area contributed by atoms with E-state index in [1.165, 1.54) is 89.9 Å². The fourth-order valence-corrected chi connectivity index (χ4v) is 6.15. The molecule has 4 nitrogen and oxygen atoms in total. The van der Waals surface area contributed by atoms with Gasteiger partial charge in [0, 0.05) is 0 Å². The van der Waals surface area contributed by atoms with Crippen LogP contribution in [0.4, 0.5) is 0 Å². The topological polar surface area (TPSA) is 75.3 Å². The van der Waals surface area contributed by atoms with Crippen molar-refractivity contribution in [3.63, 3.8) is 0 Å². The lowest BCUT2D eigenvalue weighted by atomic mass is 9.71. The molecule has 0 spiro atoms. The van der Waals surface area contributed by atoms with Crippen LogP contribution in [0.25, 0.3) is 0 Å². The largest absolute Gasteiger partial charge is 0.478 e. The summed E-state index contributed by atoms with van der Waals surface area (Å²) in [6.07, 6.45) is 22.9. The van der Waals surface area contributed by atoms with Crippen molar-refractivity contribution < 1.29 is 9.90 Å². The van der Waals surface area contributed by atoms with Crippen molar-refractivity contribution in [2.75, 3.05) is 6.54 Å². The van der Waals surface area contributed by atoms with Crippen molar-refractivity contribution in [2.24, 2.45) is 5.73 Å². The van der Waals surface area contributed by atoms with Crippen LogP contribution in [0.3, 0.4) is 0 Å². The van der Waals surface area contributed by atoms with Crippen LogP contribution in [0, 0.1) is 0 Å². The first kappa shape index (κ1) is 32.6. The number of nitrogens with one attached hydrogen (secondary N) is 1. The maximum absolute atomic E-state index is 11.9. The maximum atomic E-state index is 11.9. The number of hydrogen-bond donors (Lipinski definition) is 3. The molecule has 0 radical (unpaired) electrons. The summed E-state index contributed by atoms with van der Waals surface area (Å²) in [6, 6.07) is 9.74. The summed E-state index contributed by atoms with van der Waals surface area (Å²) >= 11 is 7.32. The van der Waals surface area contributed by atoms with Crippen LogP contribution in [-0.4, -0.2) is 23.3 Å². The molecule has 2 atom stereocenters. The van der Waals surface area contributed by atoms with E-state index in [-0.39, 0.29) is 5.57 Å². The van der Waals surface area contributed by atoms with Gasteiger partial charge in [0.1, 0.15) is 10.5 Å². The van der Waals surface area contributed by atoms with Gasteiger partial charge in [0.15, 0.2) is 0 Å². The lowest BCUT2D eigenvalue weighted by Crippen LogP contribution is -2.67. The summed E-state index contributed by atoms with van der Waals surface area (Å²) in [7, 11) is 0. The first-order valence-corrected chi connectivity index (χ1v) is 15.6. The number of carboxylic acid groups (broad SMARTS) is 1. The summed E-state index contributed by atoms with van der Waals surface area (Å²) in [4.78, 5) is 10.9. The van der Waals surface area contributed by atoms with Crippen LogP contribution in [-0.2, 0) is 9.67 Å². The van der Waals surface area contributed by atoms with Gasteiger partial charge in [0.2, 0.25) is 0 Å². The third-order valence-corrected chi connectivity index (χ3v) is 9.09. The first-order valence-electron chi connectivity index (χ1n) is 15.2. The molecule has 214 valence electrons. The van der Waals surface area contributed by atoms with Gasteiger partial charge in [0.05, 0.1) is 5.57 Å². The zero-order valence-electron chi connectivity index (χ0n) is 24.3. The van der Waals surface area contributed by atoms with E-state index in [1.54, 1.807) is 13.0 Å². The monoisotopic (exact) mass is 544 g/mol. The minimum atomic E-state index is -1.20. The second-order valence-electron chi connectivity index (χ2n) is 11.2. The van der Waals surface area contributed by atoms with Crippen molar-refractivity contribution >= 4 is 17.6 Å². The Hall–Kier alpha value is -1.62. The molecule has 1 aromatic rings. The Balaban J connectivity index is 1.71. The number of carboxylic acids is 1. The number of unbranched alkanes of at least 4 members (excludes halogenated alkanes) is 15. The highest BCUT2D eigenvalue weighted by Crippen LogP contribution is 2.50. The molecule has 0 amide bonds. The number of carbonyl (C=O) groups is 1. The van der Waals surface area contributed by atoms with Crippen LogP contribution >= 0.6 is 11.6 Å². The molecule has 5 heteroatoms. The van der Waals surface area contributed by atoms with Gasteiger partial charge in [-0.1, -0.05) is 134 Å². The number of aliphatic carboxylic acids is 1. The quantitative estimate of drug-likeness (QED) is 0.0869. The number of alkyl halides is 1. The maximum Gasteiger partial charge on any atom is 0.335 e. The molecule has 0 fully saturated rings. The molecule has 2 unspecified atom stereocenters. The zero-order chi connectivity index (χ0) is 27.9. The minimum Gasteiger partial charge on any atom is -0.478 e. The second-order valence-corrected chi connectivity index (χ2v) is 11.8. The lowest BCUT2D eigenvalue weighted by Gasteiger charge is -2.49. The van der Waals surface area contributed by atoms with Gasteiger partial charge in [-0.25, -0.2) is 4.79 Å². The number of hydrogen-bond acceptors (Lipinski definition) is 3. The Labute approximate surface area is 237 Å². The normalized spacial score (nSPS) is 21.6. The molecule has 0 aromatic heterocycles. The minimum absolute atomic E-state index is 0.219. The van der Waals surface area contributed by atoms with Crippen LogP contribution in [0.2, 0.25) is 0 Å². The number of halogens is 1. The van der Waals surface area contributed by atoms with Gasteiger partial charge in [0.25, 0.3) is 0 Å². The third kappa shape index (κ3) is 8.96. The molecule has 2 rings (SSSR count). The van der Waals surface area contributed by atoms with E-state index in [1.807, 2.05) is 37.3 Å². The van der Waals surface area contributed by atoms with Crippen molar-refractivity contribution in [2.45, 2.75) is 134 Å². The predicted molar refractivity (Wildman–Crippen MR) is 163 cm³/mol. The first-order chi connectivity index (χ1) is 18.3. The standard InChI is InChI=1S/C33H53ClN2O2/c1-4-5-6-7-8-9-10-11-12-13-14-15-16-17-18-22-25-36-33(35)28(3)30(31(37)38)26-27(2)32(33,34)29-23-20-19-21-24-29/h19-21,23-24,26,36H,4-18,22,25,35H2,1-3H3,(H,37,38). The molecule has 1 aromatic carbocycles. The second kappa shape index (κ2) is 17.2. The number of nitrogens with two attached hydrogens (primary N) is 1. The van der Waals surface area contributed by atoms with Crippen LogP contribution in [0.1, 0.15) is 129 Å². The summed E-state index contributed by atoms with van der Waals surface area (Å²) in [5, 5.41) is 13.3. The third-order valence-electron chi connectivity index (χ3n) is 8.28. The Morgan fingerprint density at radius 1 is 0.816 bits per heavy atom. The Bertz CT molecular complexity index is 898. The Kier molecular flexibility index (Phi) is 14.7. The summed E-state index contributed by atoms with van der Waals surface area (Å²) < 4.78 is 0. The van der Waals surface area contributed by atoms with E-state index in [9.17, 15) is 9.90 Å². The van der Waals surface area contributed by atoms with E-state index in [4.69, 9.17) is 17.3 Å². The molecule has 1 aliphatic rings. The highest BCUT2D eigenvalue weighted by molar-refractivity contribution is 6.27. The smallest absolute Gasteiger partial charge is 0.335 e. The van der Waals surface area contributed by atoms with Crippen molar-refractivity contribution in [3.8, 4) is 0 Å². The SMILES string of the molecule is CCCCCCCCCCCCCCCCCCNC1(N)C(C)=C(C(=O)O)C=C(C)C1(Cl)c1ccccc1. The average molecular weight is 545 g/mol. The van der Waals surface area contributed by atoms with Gasteiger partial charge < -0.3 is 10.8 Å². The van der Waals surface area contributed by atoms with Crippen LogP contribution < -0.4 is 11.1 Å². The van der Waals surface area contributed by atoms with Crippen molar-refractivity contribution in [1.82, 2.24) is 5.32 Å². The van der Waals surface area contributed by atoms with Crippen molar-refractivity contribution in [1.29, 1.82) is 0 Å². The number of rotatable bonds is 20. The molecule has 0 saturated carbocycles. The fraction of sp³-hybridized carbons (Fsp3) is 0.667. The lowest BCUT2D eigenvalue weighted by molar-refractivity contribution is -0.132. The summed E-state index contributed by atoms with van der Waals surface area (Å²) in [6.45, 7) is 6.62. The zero-order valence-corrected chi connectivity index (χ0v) is 25.1. The van der Waals surface area contributed by atoms with Gasteiger partial charge in [-0.2, -0.15) is 0 Å². The highest BCUT2D eigenvalue weighted by Gasteiger charge is 2.54. The van der Waals surface area contributed by atoms with E-state index >= 15 is 0 Å². The molecule has 38 heavy (non-hydrogen) atoms. The number of benzene rings is 1. The van der Waals surface area contributed by atoms with Gasteiger partial charge in [-0.05, 0) is 49.6 Å². The predicted octanol–water partition coefficient (Wildman–Crippen LogP) is 8.99. The van der Waals surface area contributed by atoms with Crippen molar-refractivity contribution in [3.05, 3.63) is 58.7 Å². The molecular weight excluding hydrogens is 492 g/mol. The Morgan fingerprint density at radius 2 is 1.26 bits per heavy atom. The Morgan fingerprint density at radius 3 is 1.71 bits per heavy atom. The van der Waals surface area contributed by atoms with Gasteiger partial charge in [-0.3, -0.25) is 5.32 Å². The molecule has 0 saturated heterocycles. The van der Waals surface area contributed by atoms with E-state index in [0.29, 0.717) is 12.1 Å².